The molecule has 10 nitrogen and oxygen atoms in total. The first-order valence-electron chi connectivity index (χ1n) is 12.6. The number of anilines is 4. The fourth-order valence-corrected chi connectivity index (χ4v) is 5.16. The minimum atomic E-state index is -0.272. The number of esters is 1. The summed E-state index contributed by atoms with van der Waals surface area (Å²) < 4.78 is 5.00. The van der Waals surface area contributed by atoms with Gasteiger partial charge in [-0.2, -0.15) is 0 Å². The molecule has 1 aliphatic heterocycles. The third-order valence-electron chi connectivity index (χ3n) is 6.11. The van der Waals surface area contributed by atoms with Gasteiger partial charge in [0.1, 0.15) is 22.3 Å². The molecule has 1 fully saturated rings. The number of aryl methyl sites for hydroxylation is 2. The minimum absolute atomic E-state index is 0.133. The molecule has 3 aromatic rings. The molecule has 0 saturated carbocycles. The molecule has 2 aromatic heterocycles. The first-order valence-corrected chi connectivity index (χ1v) is 13.8. The zero-order valence-corrected chi connectivity index (χ0v) is 23.4. The molecule has 1 amide bonds. The standard InChI is InChI=1S/C26H32ClN7O3S/c1-4-37-23(35)9-6-10-33-11-13-34(14-12-33)22-15-21(29-18(3)30-22)31-26-28-16-20(38-26)25(36)32-24-17(2)7-5-8-19(24)27/h5,7-8,15-16H,4,6,9-14H2,1-3H3,(H,32,36)(H,28,29,30,31). The van der Waals surface area contributed by atoms with Crippen molar-refractivity contribution < 1.29 is 14.3 Å². The second-order valence-corrected chi connectivity index (χ2v) is 10.4. The lowest BCUT2D eigenvalue weighted by Crippen LogP contribution is -2.47. The second kappa shape index (κ2) is 13.0. The number of nitrogens with zero attached hydrogens (tertiary/aromatic N) is 5. The quantitative estimate of drug-likeness (QED) is 0.343. The molecule has 0 aliphatic carbocycles. The average Bonchev–Trinajstić information content (AvgIpc) is 3.35. The summed E-state index contributed by atoms with van der Waals surface area (Å²) >= 11 is 7.48. The van der Waals surface area contributed by atoms with E-state index >= 15 is 0 Å². The SMILES string of the molecule is CCOC(=O)CCCN1CCN(c2cc(Nc3ncc(C(=O)Nc4c(C)cccc4Cl)s3)nc(C)n2)CC1. The molecule has 3 heterocycles. The Morgan fingerprint density at radius 1 is 1.16 bits per heavy atom. The number of amides is 1. The van der Waals surface area contributed by atoms with Gasteiger partial charge in [0.05, 0.1) is 23.5 Å². The van der Waals surface area contributed by atoms with Gasteiger partial charge in [0.25, 0.3) is 5.91 Å². The maximum atomic E-state index is 12.8. The van der Waals surface area contributed by atoms with Crippen LogP contribution in [0, 0.1) is 13.8 Å². The summed E-state index contributed by atoms with van der Waals surface area (Å²) in [4.78, 5) is 42.8. The number of halogens is 1. The molecule has 1 aromatic carbocycles. The zero-order valence-electron chi connectivity index (χ0n) is 21.8. The Morgan fingerprint density at radius 2 is 1.95 bits per heavy atom. The zero-order chi connectivity index (χ0) is 27.1. The summed E-state index contributed by atoms with van der Waals surface area (Å²) in [6, 6.07) is 7.37. The van der Waals surface area contributed by atoms with Gasteiger partial charge in [-0.15, -0.1) is 0 Å². The first-order chi connectivity index (χ1) is 18.3. The van der Waals surface area contributed by atoms with Gasteiger partial charge in [0.2, 0.25) is 0 Å². The van der Waals surface area contributed by atoms with Gasteiger partial charge < -0.3 is 20.3 Å². The van der Waals surface area contributed by atoms with E-state index in [1.807, 2.05) is 39.0 Å². The highest BCUT2D eigenvalue weighted by Gasteiger charge is 2.20. The smallest absolute Gasteiger partial charge is 0.305 e. The number of piperazine rings is 1. The van der Waals surface area contributed by atoms with Crippen LogP contribution >= 0.6 is 22.9 Å². The summed E-state index contributed by atoms with van der Waals surface area (Å²) in [6.45, 7) is 10.3. The van der Waals surface area contributed by atoms with E-state index in [2.05, 4.69) is 35.4 Å². The number of carbonyl (C=O) groups is 2. The van der Waals surface area contributed by atoms with E-state index in [1.54, 1.807) is 6.07 Å². The number of nitrogens with one attached hydrogen (secondary N) is 2. The lowest BCUT2D eigenvalue weighted by Gasteiger charge is -2.35. The highest BCUT2D eigenvalue weighted by Crippen LogP contribution is 2.28. The average molecular weight is 558 g/mol. The molecule has 0 radical (unpaired) electrons. The van der Waals surface area contributed by atoms with Crippen LogP contribution in [0.1, 0.15) is 40.8 Å². The fraction of sp³-hybridized carbons (Fsp3) is 0.423. The third kappa shape index (κ3) is 7.40. The molecule has 4 rings (SSSR count). The lowest BCUT2D eigenvalue weighted by atomic mass is 10.2. The summed E-state index contributed by atoms with van der Waals surface area (Å²) in [6.07, 6.45) is 2.78. The van der Waals surface area contributed by atoms with Crippen LogP contribution in [-0.2, 0) is 9.53 Å². The van der Waals surface area contributed by atoms with Gasteiger partial charge in [-0.1, -0.05) is 35.1 Å². The molecular weight excluding hydrogens is 526 g/mol. The Kier molecular flexibility index (Phi) is 9.48. The largest absolute Gasteiger partial charge is 0.466 e. The van der Waals surface area contributed by atoms with Gasteiger partial charge in [-0.3, -0.25) is 14.5 Å². The Labute approximate surface area is 231 Å². The second-order valence-electron chi connectivity index (χ2n) is 8.94. The van der Waals surface area contributed by atoms with Crippen molar-refractivity contribution in [1.29, 1.82) is 0 Å². The van der Waals surface area contributed by atoms with Crippen LogP contribution in [0.4, 0.5) is 22.5 Å². The molecular formula is C26H32ClN7O3S. The third-order valence-corrected chi connectivity index (χ3v) is 7.33. The van der Waals surface area contributed by atoms with Crippen LogP contribution < -0.4 is 15.5 Å². The van der Waals surface area contributed by atoms with Crippen LogP contribution in [-0.4, -0.2) is 71.1 Å². The summed E-state index contributed by atoms with van der Waals surface area (Å²) in [5, 5.41) is 7.13. The van der Waals surface area contributed by atoms with E-state index in [4.69, 9.17) is 16.3 Å². The number of benzene rings is 1. The fourth-order valence-electron chi connectivity index (χ4n) is 4.17. The highest BCUT2D eigenvalue weighted by atomic mass is 35.5. The number of hydrogen-bond donors (Lipinski definition) is 2. The molecule has 12 heteroatoms. The number of thiazole rings is 1. The van der Waals surface area contributed by atoms with Crippen molar-refractivity contribution in [2.75, 3.05) is 54.9 Å². The Bertz CT molecular complexity index is 1260. The number of carbonyl (C=O) groups excluding carboxylic acids is 2. The Balaban J connectivity index is 1.33. The predicted octanol–water partition coefficient (Wildman–Crippen LogP) is 4.66. The van der Waals surface area contributed by atoms with Crippen molar-refractivity contribution in [3.8, 4) is 0 Å². The van der Waals surface area contributed by atoms with E-state index in [0.29, 0.717) is 45.4 Å². The van der Waals surface area contributed by atoms with Crippen molar-refractivity contribution in [1.82, 2.24) is 19.9 Å². The molecule has 0 atom stereocenters. The summed E-state index contributed by atoms with van der Waals surface area (Å²) in [5.74, 6) is 1.70. The summed E-state index contributed by atoms with van der Waals surface area (Å²) in [7, 11) is 0. The number of ether oxygens (including phenoxy) is 1. The Morgan fingerprint density at radius 3 is 2.68 bits per heavy atom. The van der Waals surface area contributed by atoms with Crippen molar-refractivity contribution in [2.45, 2.75) is 33.6 Å². The molecule has 0 unspecified atom stereocenters. The molecule has 0 bridgehead atoms. The molecule has 2 N–H and O–H groups in total. The van der Waals surface area contributed by atoms with Gasteiger partial charge in [0.15, 0.2) is 5.13 Å². The van der Waals surface area contributed by atoms with Crippen LogP contribution in [0.15, 0.2) is 30.5 Å². The van der Waals surface area contributed by atoms with Crippen LogP contribution in [0.3, 0.4) is 0 Å². The van der Waals surface area contributed by atoms with Gasteiger partial charge in [0, 0.05) is 38.7 Å². The summed E-state index contributed by atoms with van der Waals surface area (Å²) in [5.41, 5.74) is 1.48. The van der Waals surface area contributed by atoms with Crippen molar-refractivity contribution in [2.24, 2.45) is 0 Å². The van der Waals surface area contributed by atoms with Crippen molar-refractivity contribution in [3.05, 3.63) is 51.7 Å². The van der Waals surface area contributed by atoms with Gasteiger partial charge >= 0.3 is 5.97 Å². The van der Waals surface area contributed by atoms with Crippen LogP contribution in [0.2, 0.25) is 5.02 Å². The molecule has 1 saturated heterocycles. The van der Waals surface area contributed by atoms with Crippen molar-refractivity contribution >= 4 is 57.3 Å². The maximum Gasteiger partial charge on any atom is 0.305 e. The molecule has 202 valence electrons. The lowest BCUT2D eigenvalue weighted by molar-refractivity contribution is -0.143. The number of aromatic nitrogens is 3. The van der Waals surface area contributed by atoms with Gasteiger partial charge in [-0.25, -0.2) is 15.0 Å². The van der Waals surface area contributed by atoms with Crippen molar-refractivity contribution in [3.63, 3.8) is 0 Å². The molecule has 0 spiro atoms. The van der Waals surface area contributed by atoms with E-state index in [1.165, 1.54) is 17.5 Å². The first kappa shape index (κ1) is 27.7. The van der Waals surface area contributed by atoms with Gasteiger partial charge in [-0.05, 0) is 45.4 Å². The van der Waals surface area contributed by atoms with E-state index < -0.39 is 0 Å². The maximum absolute atomic E-state index is 12.8. The normalized spacial score (nSPS) is 13.8. The predicted molar refractivity (Wildman–Crippen MR) is 151 cm³/mol. The minimum Gasteiger partial charge on any atom is -0.466 e. The van der Waals surface area contributed by atoms with E-state index in [9.17, 15) is 9.59 Å². The number of hydrogen-bond acceptors (Lipinski definition) is 10. The molecule has 38 heavy (non-hydrogen) atoms. The van der Waals surface area contributed by atoms with Crippen LogP contribution in [0.25, 0.3) is 0 Å². The molecule has 1 aliphatic rings. The van der Waals surface area contributed by atoms with E-state index in [-0.39, 0.29) is 11.9 Å². The monoisotopic (exact) mass is 557 g/mol. The number of para-hydroxylation sites is 1. The topological polar surface area (TPSA) is 113 Å². The van der Waals surface area contributed by atoms with E-state index in [0.717, 1.165) is 50.5 Å². The highest BCUT2D eigenvalue weighted by molar-refractivity contribution is 7.17. The number of rotatable bonds is 10. The van der Waals surface area contributed by atoms with Crippen LogP contribution in [0.5, 0.6) is 0 Å². The Hall–Kier alpha value is -3.28.